The van der Waals surface area contributed by atoms with Crippen LogP contribution in [0.2, 0.25) is 0 Å². The lowest BCUT2D eigenvalue weighted by atomic mass is 10.2. The van der Waals surface area contributed by atoms with E-state index in [0.717, 1.165) is 5.56 Å². The van der Waals surface area contributed by atoms with E-state index in [-0.39, 0.29) is 9.80 Å². The molecule has 0 atom stereocenters. The molecule has 15 heavy (non-hydrogen) atoms. The van der Waals surface area contributed by atoms with Gasteiger partial charge in [0, 0.05) is 0 Å². The lowest BCUT2D eigenvalue weighted by Crippen LogP contribution is -2.04. The van der Waals surface area contributed by atoms with Crippen molar-refractivity contribution in [3.05, 3.63) is 53.5 Å². The van der Waals surface area contributed by atoms with Crippen LogP contribution < -0.4 is 0 Å². The van der Waals surface area contributed by atoms with Crippen LogP contribution in [0, 0.1) is 6.92 Å². The first-order valence-electron chi connectivity index (χ1n) is 4.52. The van der Waals surface area contributed by atoms with Gasteiger partial charge in [-0.1, -0.05) is 30.9 Å². The third-order valence-electron chi connectivity index (χ3n) is 2.13. The van der Waals surface area contributed by atoms with Gasteiger partial charge in [-0.05, 0) is 31.6 Å². The van der Waals surface area contributed by atoms with Crippen LogP contribution in [0.15, 0.2) is 52.8 Å². The average Bonchev–Trinajstić information content (AvgIpc) is 2.17. The van der Waals surface area contributed by atoms with Crippen molar-refractivity contribution in [2.45, 2.75) is 18.7 Å². The molecule has 1 aromatic rings. The maximum absolute atomic E-state index is 11.9. The number of aryl methyl sites for hydroxylation is 1. The summed E-state index contributed by atoms with van der Waals surface area (Å²) in [5, 5.41) is 0. The van der Waals surface area contributed by atoms with Gasteiger partial charge in [-0.15, -0.1) is 0 Å². The van der Waals surface area contributed by atoms with E-state index in [9.17, 15) is 8.42 Å². The van der Waals surface area contributed by atoms with Gasteiger partial charge in [0.05, 0.1) is 9.80 Å². The molecule has 0 spiro atoms. The fraction of sp³-hybridized carbons (Fsp3) is 0.167. The summed E-state index contributed by atoms with van der Waals surface area (Å²) < 4.78 is 23.8. The molecule has 0 saturated carbocycles. The lowest BCUT2D eigenvalue weighted by Gasteiger charge is -2.07. The topological polar surface area (TPSA) is 34.1 Å². The van der Waals surface area contributed by atoms with Crippen molar-refractivity contribution in [3.8, 4) is 0 Å². The number of hydrogen-bond acceptors (Lipinski definition) is 2. The lowest BCUT2D eigenvalue weighted by molar-refractivity contribution is 0.602. The smallest absolute Gasteiger partial charge is 0.206 e. The summed E-state index contributed by atoms with van der Waals surface area (Å²) in [4.78, 5) is 0.340. The second-order valence-corrected chi connectivity index (χ2v) is 5.49. The van der Waals surface area contributed by atoms with E-state index in [0.29, 0.717) is 5.57 Å². The quantitative estimate of drug-likeness (QED) is 0.737. The third-order valence-corrected chi connectivity index (χ3v) is 4.02. The molecule has 1 rings (SSSR count). The average molecular weight is 222 g/mol. The predicted octanol–water partition coefficient (Wildman–Crippen LogP) is 2.86. The molecule has 0 fully saturated rings. The zero-order chi connectivity index (χ0) is 11.6. The van der Waals surface area contributed by atoms with E-state index in [4.69, 9.17) is 0 Å². The molecule has 0 heterocycles. The Morgan fingerprint density at radius 3 is 2.00 bits per heavy atom. The molecule has 0 aliphatic rings. The van der Waals surface area contributed by atoms with Crippen molar-refractivity contribution < 1.29 is 8.42 Å². The summed E-state index contributed by atoms with van der Waals surface area (Å²) in [5.74, 6) is 0. The maximum Gasteiger partial charge on any atom is 0.206 e. The minimum Gasteiger partial charge on any atom is -0.219 e. The highest BCUT2D eigenvalue weighted by Crippen LogP contribution is 2.22. The molecule has 0 amide bonds. The first-order valence-corrected chi connectivity index (χ1v) is 6.00. The molecule has 80 valence electrons. The number of rotatable bonds is 3. The van der Waals surface area contributed by atoms with Gasteiger partial charge in [0.15, 0.2) is 0 Å². The largest absolute Gasteiger partial charge is 0.219 e. The molecule has 0 bridgehead atoms. The molecule has 0 saturated heterocycles. The van der Waals surface area contributed by atoms with Crippen molar-refractivity contribution in [2.75, 3.05) is 0 Å². The summed E-state index contributed by atoms with van der Waals surface area (Å²) >= 11 is 0. The van der Waals surface area contributed by atoms with E-state index < -0.39 is 9.84 Å². The van der Waals surface area contributed by atoms with Crippen LogP contribution in [0.1, 0.15) is 12.5 Å². The van der Waals surface area contributed by atoms with Crippen LogP contribution in [0.4, 0.5) is 0 Å². The van der Waals surface area contributed by atoms with Crippen LogP contribution >= 0.6 is 0 Å². The third kappa shape index (κ3) is 2.36. The van der Waals surface area contributed by atoms with Crippen LogP contribution in [-0.2, 0) is 9.84 Å². The highest BCUT2D eigenvalue weighted by molar-refractivity contribution is 7.95. The van der Waals surface area contributed by atoms with Crippen molar-refractivity contribution in [1.29, 1.82) is 0 Å². The van der Waals surface area contributed by atoms with Crippen LogP contribution in [0.5, 0.6) is 0 Å². The Balaban J connectivity index is 3.24. The zero-order valence-corrected chi connectivity index (χ0v) is 9.76. The van der Waals surface area contributed by atoms with E-state index in [1.807, 2.05) is 6.92 Å². The number of hydrogen-bond donors (Lipinski definition) is 0. The Morgan fingerprint density at radius 2 is 1.60 bits per heavy atom. The molecule has 3 heteroatoms. The fourth-order valence-electron chi connectivity index (χ4n) is 1.09. The standard InChI is InChI=1S/C12H14O2S/c1-9(2)11(4)15(13,14)12-7-5-10(3)6-8-12/h5-8H,1,4H2,2-3H3. The van der Waals surface area contributed by atoms with Gasteiger partial charge in [-0.25, -0.2) is 8.42 Å². The minimum absolute atomic E-state index is 0.0753. The van der Waals surface area contributed by atoms with E-state index in [1.165, 1.54) is 0 Å². The van der Waals surface area contributed by atoms with Crippen molar-refractivity contribution in [3.63, 3.8) is 0 Å². The highest BCUT2D eigenvalue weighted by Gasteiger charge is 2.18. The second-order valence-electron chi connectivity index (χ2n) is 3.52. The summed E-state index contributed by atoms with van der Waals surface area (Å²) in [7, 11) is -3.45. The Bertz CT molecular complexity index is 493. The van der Waals surface area contributed by atoms with Crippen LogP contribution in [0.25, 0.3) is 0 Å². The Labute approximate surface area is 90.9 Å². The monoisotopic (exact) mass is 222 g/mol. The summed E-state index contributed by atoms with van der Waals surface area (Å²) in [6, 6.07) is 6.69. The molecule has 0 aliphatic carbocycles. The molecular formula is C12H14O2S. The number of allylic oxidation sites excluding steroid dienone is 1. The van der Waals surface area contributed by atoms with Crippen molar-refractivity contribution in [2.24, 2.45) is 0 Å². The van der Waals surface area contributed by atoms with Gasteiger partial charge >= 0.3 is 0 Å². The van der Waals surface area contributed by atoms with E-state index in [2.05, 4.69) is 13.2 Å². The fourth-order valence-corrected chi connectivity index (χ4v) is 2.33. The van der Waals surface area contributed by atoms with E-state index in [1.54, 1.807) is 31.2 Å². The van der Waals surface area contributed by atoms with Gasteiger partial charge in [0.2, 0.25) is 9.84 Å². The zero-order valence-electron chi connectivity index (χ0n) is 8.95. The number of sulfone groups is 1. The van der Waals surface area contributed by atoms with Crippen LogP contribution in [-0.4, -0.2) is 8.42 Å². The molecule has 0 aliphatic heterocycles. The molecule has 0 aromatic heterocycles. The van der Waals surface area contributed by atoms with E-state index >= 15 is 0 Å². The molecule has 1 aromatic carbocycles. The minimum atomic E-state index is -3.45. The number of benzene rings is 1. The summed E-state index contributed by atoms with van der Waals surface area (Å²) in [6.45, 7) is 10.7. The Morgan fingerprint density at radius 1 is 1.13 bits per heavy atom. The van der Waals surface area contributed by atoms with Crippen molar-refractivity contribution in [1.82, 2.24) is 0 Å². The molecular weight excluding hydrogens is 208 g/mol. The highest BCUT2D eigenvalue weighted by atomic mass is 32.2. The first-order chi connectivity index (χ1) is 6.85. The molecule has 2 nitrogen and oxygen atoms in total. The second kappa shape index (κ2) is 4.03. The molecule has 0 N–H and O–H groups in total. The van der Waals surface area contributed by atoms with Crippen LogP contribution in [0.3, 0.4) is 0 Å². The van der Waals surface area contributed by atoms with Gasteiger partial charge in [0.1, 0.15) is 0 Å². The summed E-state index contributed by atoms with van der Waals surface area (Å²) in [5.41, 5.74) is 1.49. The Kier molecular flexibility index (Phi) is 3.15. The van der Waals surface area contributed by atoms with Crippen molar-refractivity contribution >= 4 is 9.84 Å². The maximum atomic E-state index is 11.9. The normalized spacial score (nSPS) is 11.1. The SMILES string of the molecule is C=C(C)C(=C)S(=O)(=O)c1ccc(C)cc1. The molecule has 0 radical (unpaired) electrons. The first kappa shape index (κ1) is 11.7. The summed E-state index contributed by atoms with van der Waals surface area (Å²) in [6.07, 6.45) is 0. The Hall–Kier alpha value is -1.35. The predicted molar refractivity (Wildman–Crippen MR) is 62.3 cm³/mol. The molecule has 0 unspecified atom stereocenters. The van der Waals surface area contributed by atoms with Gasteiger partial charge in [-0.3, -0.25) is 0 Å². The van der Waals surface area contributed by atoms with Gasteiger partial charge in [-0.2, -0.15) is 0 Å². The van der Waals surface area contributed by atoms with Gasteiger partial charge < -0.3 is 0 Å². The van der Waals surface area contributed by atoms with Gasteiger partial charge in [0.25, 0.3) is 0 Å².